The highest BCUT2D eigenvalue weighted by Gasteiger charge is 2.28. The predicted octanol–water partition coefficient (Wildman–Crippen LogP) is 2.74. The Balaban J connectivity index is 2.31. The Hall–Kier alpha value is -1.60. The Kier molecular flexibility index (Phi) is 5.19. The number of carbonyl (C=O) groups excluding carboxylic acids is 1. The first-order valence-corrected chi connectivity index (χ1v) is 8.11. The van der Waals surface area contributed by atoms with Gasteiger partial charge in [-0.2, -0.15) is 0 Å². The maximum absolute atomic E-state index is 12.4. The van der Waals surface area contributed by atoms with Crippen molar-refractivity contribution < 1.29 is 18.5 Å². The van der Waals surface area contributed by atoms with Crippen LogP contribution in [0.1, 0.15) is 48.0 Å². The Morgan fingerprint density at radius 3 is 2.52 bits per heavy atom. The minimum Gasteiger partial charge on any atom is -0.772 e. The van der Waals surface area contributed by atoms with E-state index in [1.54, 1.807) is 0 Å². The summed E-state index contributed by atoms with van der Waals surface area (Å²) >= 11 is -2.32. The van der Waals surface area contributed by atoms with Gasteiger partial charge in [0, 0.05) is 17.7 Å². The number of rotatable bonds is 5. The molecule has 1 aromatic rings. The van der Waals surface area contributed by atoms with Crippen molar-refractivity contribution in [3.8, 4) is 0 Å². The number of nitro benzene ring substituents is 1. The molecule has 1 unspecified atom stereocenters. The Bertz CT molecular complexity index is 581. The topological polar surface area (TPSA) is 100 Å². The van der Waals surface area contributed by atoms with Crippen LogP contribution in [-0.4, -0.2) is 19.5 Å². The summed E-state index contributed by atoms with van der Waals surface area (Å²) in [6.07, 6.45) is 4.57. The van der Waals surface area contributed by atoms with E-state index in [2.05, 4.69) is 0 Å². The van der Waals surface area contributed by atoms with Gasteiger partial charge in [-0.1, -0.05) is 36.4 Å². The average molecular weight is 310 g/mol. The molecule has 1 aliphatic carbocycles. The van der Waals surface area contributed by atoms with Gasteiger partial charge in [-0.15, -0.1) is 0 Å². The van der Waals surface area contributed by atoms with Crippen LogP contribution in [0.3, 0.4) is 0 Å². The first-order valence-electron chi connectivity index (χ1n) is 6.86. The van der Waals surface area contributed by atoms with Gasteiger partial charge >= 0.3 is 0 Å². The molecule has 1 atom stereocenters. The lowest BCUT2D eigenvalue weighted by molar-refractivity contribution is -0.385. The van der Waals surface area contributed by atoms with Gasteiger partial charge < -0.3 is 4.55 Å². The summed E-state index contributed by atoms with van der Waals surface area (Å²) in [5.41, 5.74) is 0.107. The number of nitro groups is 1. The molecule has 6 nitrogen and oxygen atoms in total. The van der Waals surface area contributed by atoms with Crippen LogP contribution in [0, 0.1) is 16.0 Å². The predicted molar refractivity (Wildman–Crippen MR) is 76.6 cm³/mol. The van der Waals surface area contributed by atoms with Crippen LogP contribution < -0.4 is 0 Å². The molecule has 0 N–H and O–H groups in total. The molecule has 21 heavy (non-hydrogen) atoms. The molecule has 114 valence electrons. The number of Topliss-reactive ketones (excluding diaryl/α,β-unsaturated/α-hetero) is 1. The molecule has 0 heterocycles. The van der Waals surface area contributed by atoms with E-state index in [9.17, 15) is 23.7 Å². The van der Waals surface area contributed by atoms with Crippen molar-refractivity contribution in [2.24, 2.45) is 5.92 Å². The highest BCUT2D eigenvalue weighted by Crippen LogP contribution is 2.30. The van der Waals surface area contributed by atoms with Crippen LogP contribution >= 0.6 is 0 Å². The van der Waals surface area contributed by atoms with Crippen molar-refractivity contribution in [2.45, 2.75) is 37.9 Å². The van der Waals surface area contributed by atoms with Gasteiger partial charge in [0.25, 0.3) is 5.69 Å². The van der Waals surface area contributed by atoms with E-state index in [4.69, 9.17) is 0 Å². The third-order valence-corrected chi connectivity index (χ3v) is 4.35. The Morgan fingerprint density at radius 2 is 1.95 bits per heavy atom. The van der Waals surface area contributed by atoms with Gasteiger partial charge in [0.05, 0.1) is 10.5 Å². The number of nitrogens with zero attached hydrogens (tertiary/aromatic N) is 1. The van der Waals surface area contributed by atoms with E-state index in [1.807, 2.05) is 0 Å². The summed E-state index contributed by atoms with van der Waals surface area (Å²) in [6, 6.07) is 4.04. The highest BCUT2D eigenvalue weighted by molar-refractivity contribution is 7.78. The maximum atomic E-state index is 12.4. The molecule has 0 amide bonds. The Morgan fingerprint density at radius 1 is 1.29 bits per heavy atom. The number of benzene rings is 1. The van der Waals surface area contributed by atoms with Crippen molar-refractivity contribution in [2.75, 3.05) is 0 Å². The molecule has 1 fully saturated rings. The molecule has 0 radical (unpaired) electrons. The second kappa shape index (κ2) is 6.91. The first-order chi connectivity index (χ1) is 9.99. The van der Waals surface area contributed by atoms with Crippen LogP contribution in [0.4, 0.5) is 5.69 Å². The zero-order valence-corrected chi connectivity index (χ0v) is 12.3. The van der Waals surface area contributed by atoms with Crippen LogP contribution in [0.25, 0.3) is 0 Å². The molecule has 2 rings (SSSR count). The summed E-state index contributed by atoms with van der Waals surface area (Å²) in [5.74, 6) is -0.646. The van der Waals surface area contributed by atoms with Gasteiger partial charge in [-0.3, -0.25) is 19.1 Å². The fourth-order valence-corrected chi connectivity index (χ4v) is 3.20. The largest absolute Gasteiger partial charge is 0.772 e. The fraction of sp³-hybridized carbons (Fsp3) is 0.500. The molecule has 0 spiro atoms. The van der Waals surface area contributed by atoms with E-state index in [0.29, 0.717) is 5.56 Å². The number of ketones is 1. The van der Waals surface area contributed by atoms with E-state index < -0.39 is 16.0 Å². The molecular weight excluding hydrogens is 294 g/mol. The summed E-state index contributed by atoms with van der Waals surface area (Å²) in [6.45, 7) is 0. The second-order valence-corrected chi connectivity index (χ2v) is 6.15. The molecule has 0 aliphatic heterocycles. The highest BCUT2D eigenvalue weighted by atomic mass is 32.2. The van der Waals surface area contributed by atoms with Gasteiger partial charge in [-0.05, 0) is 24.5 Å². The standard InChI is InChI=1S/C14H17NO5S/c16-14(11-4-2-1-3-5-11)12-7-6-10(9-21(19)20)8-13(12)15(17)18/h6-8,11H,1-5,9H2,(H,19,20)/p-1. The van der Waals surface area contributed by atoms with Gasteiger partial charge in [0.2, 0.25) is 0 Å². The molecular formula is C14H16NO5S-. The summed E-state index contributed by atoms with van der Waals surface area (Å²) in [7, 11) is 0. The summed E-state index contributed by atoms with van der Waals surface area (Å²) in [5, 5.41) is 11.1. The van der Waals surface area contributed by atoms with Crippen molar-refractivity contribution in [3.05, 3.63) is 39.4 Å². The average Bonchev–Trinajstić information content (AvgIpc) is 2.46. The number of hydrogen-bond donors (Lipinski definition) is 0. The normalized spacial score (nSPS) is 17.4. The van der Waals surface area contributed by atoms with Crippen LogP contribution in [0.15, 0.2) is 18.2 Å². The van der Waals surface area contributed by atoms with Crippen LogP contribution in [0.2, 0.25) is 0 Å². The van der Waals surface area contributed by atoms with Crippen molar-refractivity contribution in [1.29, 1.82) is 0 Å². The smallest absolute Gasteiger partial charge is 0.280 e. The zero-order valence-electron chi connectivity index (χ0n) is 11.4. The minimum atomic E-state index is -2.32. The maximum Gasteiger partial charge on any atom is 0.280 e. The lowest BCUT2D eigenvalue weighted by Gasteiger charge is -2.20. The first kappa shape index (κ1) is 15.8. The number of hydrogen-bond acceptors (Lipinski definition) is 5. The summed E-state index contributed by atoms with van der Waals surface area (Å²) < 4.78 is 21.4. The number of carbonyl (C=O) groups is 1. The van der Waals surface area contributed by atoms with E-state index >= 15 is 0 Å². The van der Waals surface area contributed by atoms with E-state index in [1.165, 1.54) is 18.2 Å². The van der Waals surface area contributed by atoms with Gasteiger partial charge in [-0.25, -0.2) is 0 Å². The van der Waals surface area contributed by atoms with Crippen LogP contribution in [0.5, 0.6) is 0 Å². The molecule has 1 aliphatic rings. The van der Waals surface area contributed by atoms with Crippen LogP contribution in [-0.2, 0) is 16.8 Å². The van der Waals surface area contributed by atoms with Crippen molar-refractivity contribution in [1.82, 2.24) is 0 Å². The zero-order chi connectivity index (χ0) is 15.4. The SMILES string of the molecule is O=C(c1ccc(CS(=O)[O-])cc1[N+](=O)[O-])C1CCCCC1. The van der Waals surface area contributed by atoms with E-state index in [-0.39, 0.29) is 28.7 Å². The Labute approximate surface area is 125 Å². The third kappa shape index (κ3) is 3.95. The third-order valence-electron chi connectivity index (χ3n) is 3.78. The second-order valence-electron chi connectivity index (χ2n) is 5.26. The lowest BCUT2D eigenvalue weighted by Crippen LogP contribution is -2.19. The summed E-state index contributed by atoms with van der Waals surface area (Å²) in [4.78, 5) is 23.0. The van der Waals surface area contributed by atoms with E-state index in [0.717, 1.165) is 32.1 Å². The monoisotopic (exact) mass is 310 g/mol. The molecule has 7 heteroatoms. The molecule has 0 bridgehead atoms. The van der Waals surface area contributed by atoms with Gasteiger partial charge in [0.1, 0.15) is 0 Å². The van der Waals surface area contributed by atoms with Crippen molar-refractivity contribution in [3.63, 3.8) is 0 Å². The fourth-order valence-electron chi connectivity index (χ4n) is 2.75. The molecule has 1 saturated carbocycles. The quantitative estimate of drug-likeness (QED) is 0.360. The lowest BCUT2D eigenvalue weighted by atomic mass is 9.83. The van der Waals surface area contributed by atoms with Gasteiger partial charge in [0.15, 0.2) is 5.78 Å². The minimum absolute atomic E-state index is 0.0901. The molecule has 1 aromatic carbocycles. The molecule has 0 saturated heterocycles. The molecule has 0 aromatic heterocycles. The van der Waals surface area contributed by atoms with Crippen molar-refractivity contribution >= 4 is 22.6 Å².